The van der Waals surface area contributed by atoms with Gasteiger partial charge in [-0.25, -0.2) is 5.43 Å². The molecule has 0 heterocycles. The summed E-state index contributed by atoms with van der Waals surface area (Å²) in [6, 6.07) is 23.1. The van der Waals surface area contributed by atoms with Crippen molar-refractivity contribution in [3.8, 4) is 17.2 Å². The van der Waals surface area contributed by atoms with Crippen molar-refractivity contribution in [3.63, 3.8) is 0 Å². The third-order valence-corrected chi connectivity index (χ3v) is 4.66. The van der Waals surface area contributed by atoms with Crippen LogP contribution in [0.2, 0.25) is 0 Å². The number of hydrazone groups is 1. The minimum Gasteiger partial charge on any atom is -0.493 e. The molecule has 166 valence electrons. The van der Waals surface area contributed by atoms with Crippen LogP contribution < -0.4 is 19.6 Å². The van der Waals surface area contributed by atoms with Crippen LogP contribution in [0, 0.1) is 0 Å². The summed E-state index contributed by atoms with van der Waals surface area (Å²) in [7, 11) is 1.58. The fraction of sp³-hybridized carbons (Fsp3) is 0.231. The number of amides is 1. The van der Waals surface area contributed by atoms with Crippen LogP contribution in [0.1, 0.15) is 30.0 Å². The number of carbonyl (C=O) groups excluding carboxylic acids is 1. The molecule has 0 aliphatic carbocycles. The van der Waals surface area contributed by atoms with Crippen molar-refractivity contribution >= 4 is 12.1 Å². The average Bonchev–Trinajstić information content (AvgIpc) is 2.83. The first-order valence-corrected chi connectivity index (χ1v) is 10.6. The Morgan fingerprint density at radius 2 is 1.72 bits per heavy atom. The molecule has 0 spiro atoms. The molecule has 3 rings (SSSR count). The summed E-state index contributed by atoms with van der Waals surface area (Å²) in [6.07, 6.45) is 3.66. The second-order valence-electron chi connectivity index (χ2n) is 7.16. The fourth-order valence-electron chi connectivity index (χ4n) is 3.02. The Balaban J connectivity index is 1.48. The van der Waals surface area contributed by atoms with Gasteiger partial charge in [-0.1, -0.05) is 55.8 Å². The van der Waals surface area contributed by atoms with Gasteiger partial charge in [0, 0.05) is 0 Å². The molecule has 0 saturated heterocycles. The lowest BCUT2D eigenvalue weighted by Gasteiger charge is -2.11. The SMILES string of the molecule is CCCc1ccc(OCC(=O)N/N=C\c2ccc(OCc3ccccc3)c(OC)c2)cc1. The third kappa shape index (κ3) is 7.16. The molecule has 1 amide bonds. The number of hydrogen-bond acceptors (Lipinski definition) is 5. The maximum absolute atomic E-state index is 12.0. The highest BCUT2D eigenvalue weighted by Crippen LogP contribution is 2.28. The predicted molar refractivity (Wildman–Crippen MR) is 125 cm³/mol. The van der Waals surface area contributed by atoms with E-state index in [4.69, 9.17) is 14.2 Å². The van der Waals surface area contributed by atoms with Gasteiger partial charge in [0.2, 0.25) is 0 Å². The number of nitrogens with zero attached hydrogens (tertiary/aromatic N) is 1. The van der Waals surface area contributed by atoms with Gasteiger partial charge in [-0.05, 0) is 53.4 Å². The van der Waals surface area contributed by atoms with E-state index >= 15 is 0 Å². The number of benzene rings is 3. The minimum absolute atomic E-state index is 0.111. The van der Waals surface area contributed by atoms with Crippen molar-refractivity contribution in [1.29, 1.82) is 0 Å². The van der Waals surface area contributed by atoms with Gasteiger partial charge in [0.1, 0.15) is 12.4 Å². The molecule has 6 nitrogen and oxygen atoms in total. The Hall–Kier alpha value is -3.80. The third-order valence-electron chi connectivity index (χ3n) is 4.66. The molecule has 0 saturated carbocycles. The van der Waals surface area contributed by atoms with Crippen LogP contribution in [0.25, 0.3) is 0 Å². The van der Waals surface area contributed by atoms with E-state index in [1.807, 2.05) is 66.7 Å². The van der Waals surface area contributed by atoms with E-state index in [1.54, 1.807) is 19.4 Å². The van der Waals surface area contributed by atoms with Gasteiger partial charge in [-0.3, -0.25) is 4.79 Å². The summed E-state index contributed by atoms with van der Waals surface area (Å²) in [5.74, 6) is 1.54. The molecule has 0 radical (unpaired) electrons. The van der Waals surface area contributed by atoms with Crippen LogP contribution in [0.3, 0.4) is 0 Å². The molecule has 1 N–H and O–H groups in total. The predicted octanol–water partition coefficient (Wildman–Crippen LogP) is 4.76. The summed E-state index contributed by atoms with van der Waals surface area (Å²) in [4.78, 5) is 12.0. The Morgan fingerprint density at radius 1 is 0.938 bits per heavy atom. The van der Waals surface area contributed by atoms with Crippen molar-refractivity contribution in [3.05, 3.63) is 89.5 Å². The molecule has 0 unspecified atom stereocenters. The first kappa shape index (κ1) is 22.9. The molecular formula is C26H28N2O4. The highest BCUT2D eigenvalue weighted by molar-refractivity contribution is 5.83. The topological polar surface area (TPSA) is 69.2 Å². The first-order valence-electron chi connectivity index (χ1n) is 10.6. The van der Waals surface area contributed by atoms with Gasteiger partial charge in [0.15, 0.2) is 18.1 Å². The Labute approximate surface area is 188 Å². The van der Waals surface area contributed by atoms with Crippen LogP contribution in [-0.2, 0) is 17.8 Å². The monoisotopic (exact) mass is 432 g/mol. The zero-order valence-corrected chi connectivity index (χ0v) is 18.4. The van der Waals surface area contributed by atoms with Crippen LogP contribution in [0.4, 0.5) is 0 Å². The highest BCUT2D eigenvalue weighted by atomic mass is 16.5. The number of rotatable bonds is 11. The van der Waals surface area contributed by atoms with Crippen molar-refractivity contribution in [2.24, 2.45) is 5.10 Å². The number of aryl methyl sites for hydroxylation is 1. The second kappa shape index (κ2) is 12.2. The summed E-state index contributed by atoms with van der Waals surface area (Å²) < 4.78 is 16.8. The maximum atomic E-state index is 12.0. The Bertz CT molecular complexity index is 1020. The highest BCUT2D eigenvalue weighted by Gasteiger charge is 2.06. The second-order valence-corrected chi connectivity index (χ2v) is 7.16. The smallest absolute Gasteiger partial charge is 0.277 e. The van der Waals surface area contributed by atoms with E-state index in [2.05, 4.69) is 17.5 Å². The number of ether oxygens (including phenoxy) is 3. The molecule has 0 fully saturated rings. The molecule has 0 aliphatic heterocycles. The fourth-order valence-corrected chi connectivity index (χ4v) is 3.02. The number of nitrogens with one attached hydrogen (secondary N) is 1. The molecular weight excluding hydrogens is 404 g/mol. The normalized spacial score (nSPS) is 10.7. The van der Waals surface area contributed by atoms with Crippen molar-refractivity contribution < 1.29 is 19.0 Å². The summed E-state index contributed by atoms with van der Waals surface area (Å²) >= 11 is 0. The van der Waals surface area contributed by atoms with E-state index in [0.717, 1.165) is 24.0 Å². The van der Waals surface area contributed by atoms with Gasteiger partial charge in [0.25, 0.3) is 5.91 Å². The zero-order valence-electron chi connectivity index (χ0n) is 18.4. The Morgan fingerprint density at radius 3 is 2.44 bits per heavy atom. The van der Waals surface area contributed by atoms with Crippen LogP contribution in [-0.4, -0.2) is 25.8 Å². The summed E-state index contributed by atoms with van der Waals surface area (Å²) in [5, 5.41) is 3.99. The molecule has 3 aromatic rings. The zero-order chi connectivity index (χ0) is 22.6. The van der Waals surface area contributed by atoms with Crippen LogP contribution in [0.5, 0.6) is 17.2 Å². The average molecular weight is 433 g/mol. The van der Waals surface area contributed by atoms with Crippen molar-refractivity contribution in [2.45, 2.75) is 26.4 Å². The molecule has 0 aliphatic rings. The van der Waals surface area contributed by atoms with Crippen molar-refractivity contribution in [1.82, 2.24) is 5.43 Å². The lowest BCUT2D eigenvalue weighted by molar-refractivity contribution is -0.123. The molecule has 32 heavy (non-hydrogen) atoms. The van der Waals surface area contributed by atoms with E-state index < -0.39 is 0 Å². The quantitative estimate of drug-likeness (QED) is 0.351. The summed E-state index contributed by atoms with van der Waals surface area (Å²) in [6.45, 7) is 2.47. The van der Waals surface area contributed by atoms with Crippen LogP contribution >= 0.6 is 0 Å². The van der Waals surface area contributed by atoms with Gasteiger partial charge in [-0.2, -0.15) is 5.10 Å². The number of hydrogen-bond donors (Lipinski definition) is 1. The molecule has 0 bridgehead atoms. The van der Waals surface area contributed by atoms with E-state index in [0.29, 0.717) is 23.9 Å². The van der Waals surface area contributed by atoms with Crippen LogP contribution in [0.15, 0.2) is 77.9 Å². The van der Waals surface area contributed by atoms with Gasteiger partial charge in [0.05, 0.1) is 13.3 Å². The van der Waals surface area contributed by atoms with E-state index in [9.17, 15) is 4.79 Å². The largest absolute Gasteiger partial charge is 0.493 e. The first-order chi connectivity index (χ1) is 15.7. The van der Waals surface area contributed by atoms with Gasteiger partial charge >= 0.3 is 0 Å². The van der Waals surface area contributed by atoms with Gasteiger partial charge in [-0.15, -0.1) is 0 Å². The van der Waals surface area contributed by atoms with Crippen molar-refractivity contribution in [2.75, 3.05) is 13.7 Å². The maximum Gasteiger partial charge on any atom is 0.277 e. The summed E-state index contributed by atoms with van der Waals surface area (Å²) in [5.41, 5.74) is 5.55. The number of methoxy groups -OCH3 is 1. The molecule has 0 atom stereocenters. The standard InChI is InChI=1S/C26H28N2O4/c1-3-7-20-10-13-23(14-11-20)31-19-26(29)28-27-17-22-12-15-24(25(16-22)30-2)32-18-21-8-5-4-6-9-21/h4-6,8-17H,3,7,18-19H2,1-2H3,(H,28,29)/b27-17-. The molecule has 3 aromatic carbocycles. The van der Waals surface area contributed by atoms with Gasteiger partial charge < -0.3 is 14.2 Å². The number of carbonyl (C=O) groups is 1. The molecule has 0 aromatic heterocycles. The lowest BCUT2D eigenvalue weighted by atomic mass is 10.1. The van der Waals surface area contributed by atoms with E-state index in [1.165, 1.54) is 5.56 Å². The minimum atomic E-state index is -0.339. The lowest BCUT2D eigenvalue weighted by Crippen LogP contribution is -2.24. The Kier molecular flexibility index (Phi) is 8.69. The molecule has 6 heteroatoms. The van der Waals surface area contributed by atoms with E-state index in [-0.39, 0.29) is 12.5 Å².